The molecule has 0 heterocycles. The summed E-state index contributed by atoms with van der Waals surface area (Å²) in [7, 11) is -3.77. The number of carbonyl (C=O) groups is 1. The van der Waals surface area contributed by atoms with Gasteiger partial charge in [-0.15, -0.1) is 0 Å². The third kappa shape index (κ3) is 6.40. The smallest absolute Gasteiger partial charge is 0.264 e. The molecule has 0 aliphatic heterocycles. The summed E-state index contributed by atoms with van der Waals surface area (Å²) in [5.41, 5.74) is 3.15. The maximum Gasteiger partial charge on any atom is 0.264 e. The van der Waals surface area contributed by atoms with Crippen molar-refractivity contribution in [3.8, 4) is 0 Å². The molecule has 0 saturated carbocycles. The van der Waals surface area contributed by atoms with Gasteiger partial charge in [0, 0.05) is 11.6 Å². The first kappa shape index (κ1) is 25.2. The quantitative estimate of drug-likeness (QED) is 0.299. The van der Waals surface area contributed by atoms with E-state index in [2.05, 4.69) is 17.4 Å². The minimum Gasteiger partial charge on any atom is -0.350 e. The number of nitrogens with zero attached hydrogens (tertiary/aromatic N) is 1. The van der Waals surface area contributed by atoms with E-state index in [0.29, 0.717) is 11.3 Å². The molecule has 0 unspecified atom stereocenters. The fourth-order valence-electron chi connectivity index (χ4n) is 3.96. The maximum absolute atomic E-state index is 13.5. The summed E-state index contributed by atoms with van der Waals surface area (Å²) in [6.45, 7) is 2.15. The lowest BCUT2D eigenvalue weighted by Gasteiger charge is -2.25. The molecular weight excluding hydrogens is 468 g/mol. The van der Waals surface area contributed by atoms with Crippen LogP contribution >= 0.6 is 0 Å². The highest BCUT2D eigenvalue weighted by molar-refractivity contribution is 7.92. The van der Waals surface area contributed by atoms with Crippen molar-refractivity contribution in [1.82, 2.24) is 5.32 Å². The molecule has 0 fully saturated rings. The summed E-state index contributed by atoms with van der Waals surface area (Å²) < 4.78 is 28.3. The average molecular weight is 499 g/mol. The molecule has 0 aromatic heterocycles. The van der Waals surface area contributed by atoms with Gasteiger partial charge in [0.25, 0.3) is 15.9 Å². The van der Waals surface area contributed by atoms with E-state index in [1.54, 1.807) is 66.7 Å². The van der Waals surface area contributed by atoms with E-state index < -0.39 is 10.0 Å². The number of nitrogens with one attached hydrogen (secondary N) is 1. The van der Waals surface area contributed by atoms with E-state index in [4.69, 9.17) is 0 Å². The van der Waals surface area contributed by atoms with Crippen molar-refractivity contribution in [3.63, 3.8) is 0 Å². The lowest BCUT2D eigenvalue weighted by atomic mass is 10.1. The molecule has 4 aromatic rings. The molecule has 6 heteroatoms. The average Bonchev–Trinajstić information content (AvgIpc) is 2.92. The second kappa shape index (κ2) is 11.7. The number of anilines is 1. The number of rotatable bonds is 10. The normalized spacial score (nSPS) is 12.0. The molecule has 0 bridgehead atoms. The van der Waals surface area contributed by atoms with Crippen LogP contribution in [0.3, 0.4) is 0 Å². The molecule has 5 nitrogen and oxygen atoms in total. The van der Waals surface area contributed by atoms with E-state index in [9.17, 15) is 13.2 Å². The molecule has 1 amide bonds. The van der Waals surface area contributed by atoms with Crippen LogP contribution in [0, 0.1) is 0 Å². The third-order valence-electron chi connectivity index (χ3n) is 6.00. The molecule has 0 aliphatic rings. The van der Waals surface area contributed by atoms with E-state index in [0.717, 1.165) is 18.4 Å². The first-order chi connectivity index (χ1) is 17.4. The number of hydrogen-bond acceptors (Lipinski definition) is 3. The van der Waals surface area contributed by atoms with Crippen molar-refractivity contribution in [3.05, 3.63) is 132 Å². The van der Waals surface area contributed by atoms with Crippen LogP contribution in [0.15, 0.2) is 120 Å². The van der Waals surface area contributed by atoms with E-state index in [1.807, 2.05) is 43.3 Å². The van der Waals surface area contributed by atoms with Crippen LogP contribution < -0.4 is 9.62 Å². The van der Waals surface area contributed by atoms with Crippen molar-refractivity contribution in [1.29, 1.82) is 0 Å². The number of para-hydroxylation sites is 1. The number of carbonyl (C=O) groups excluding carboxylic acids is 1. The Bertz CT molecular complexity index is 1360. The molecule has 0 saturated heterocycles. The lowest BCUT2D eigenvalue weighted by molar-refractivity contribution is 0.0938. The van der Waals surface area contributed by atoms with Gasteiger partial charge in [0.2, 0.25) is 0 Å². The first-order valence-corrected chi connectivity index (χ1v) is 13.4. The van der Waals surface area contributed by atoms with E-state index in [-0.39, 0.29) is 23.4 Å². The second-order valence-electron chi connectivity index (χ2n) is 8.76. The van der Waals surface area contributed by atoms with Gasteiger partial charge in [0.1, 0.15) is 0 Å². The molecule has 184 valence electrons. The number of aryl methyl sites for hydroxylation is 1. The Hall–Kier alpha value is -3.90. The molecule has 0 aliphatic carbocycles. The fraction of sp³-hybridized carbons (Fsp3) is 0.167. The van der Waals surface area contributed by atoms with Crippen LogP contribution in [-0.4, -0.2) is 20.4 Å². The topological polar surface area (TPSA) is 66.5 Å². The first-order valence-electron chi connectivity index (χ1n) is 12.0. The highest BCUT2D eigenvalue weighted by Gasteiger charge is 2.25. The van der Waals surface area contributed by atoms with Crippen molar-refractivity contribution in [2.45, 2.75) is 37.2 Å². The molecule has 1 N–H and O–H groups in total. The molecule has 4 rings (SSSR count). The van der Waals surface area contributed by atoms with Gasteiger partial charge in [-0.3, -0.25) is 9.10 Å². The largest absolute Gasteiger partial charge is 0.350 e. The standard InChI is InChI=1S/C30H30N2O3S/c1-24(17-18-25-11-5-2-6-12-25)31-30(33)27-21-19-26(20-22-27)23-32(28-13-7-3-8-14-28)36(34,35)29-15-9-4-10-16-29/h2-16,19-22,24H,17-18,23H2,1H3,(H,31,33)/t24-/m1/s1. The number of benzene rings is 4. The Kier molecular flexibility index (Phi) is 8.18. The summed E-state index contributed by atoms with van der Waals surface area (Å²) in [5, 5.41) is 3.05. The zero-order valence-electron chi connectivity index (χ0n) is 20.2. The summed E-state index contributed by atoms with van der Waals surface area (Å²) in [6.07, 6.45) is 1.74. The van der Waals surface area contributed by atoms with Crippen LogP contribution in [0.5, 0.6) is 0 Å². The van der Waals surface area contributed by atoms with Crippen LogP contribution in [0.2, 0.25) is 0 Å². The SMILES string of the molecule is C[C@H](CCc1ccccc1)NC(=O)c1ccc(CN(c2ccccc2)S(=O)(=O)c2ccccc2)cc1. The Morgan fingerprint density at radius 2 is 1.31 bits per heavy atom. The summed E-state index contributed by atoms with van der Waals surface area (Å²) in [4.78, 5) is 13.0. The van der Waals surface area contributed by atoms with Gasteiger partial charge in [0.15, 0.2) is 0 Å². The van der Waals surface area contributed by atoms with Crippen LogP contribution in [0.4, 0.5) is 5.69 Å². The van der Waals surface area contributed by atoms with Gasteiger partial charge in [-0.1, -0.05) is 78.9 Å². The van der Waals surface area contributed by atoms with Crippen LogP contribution in [-0.2, 0) is 23.0 Å². The van der Waals surface area contributed by atoms with Crippen molar-refractivity contribution < 1.29 is 13.2 Å². The lowest BCUT2D eigenvalue weighted by Crippen LogP contribution is -2.33. The van der Waals surface area contributed by atoms with Gasteiger partial charge in [0.05, 0.1) is 17.1 Å². The summed E-state index contributed by atoms with van der Waals surface area (Å²) in [6, 6.07) is 34.8. The van der Waals surface area contributed by atoms with Gasteiger partial charge >= 0.3 is 0 Å². The number of sulfonamides is 1. The van der Waals surface area contributed by atoms with Gasteiger partial charge in [-0.25, -0.2) is 8.42 Å². The van der Waals surface area contributed by atoms with Crippen molar-refractivity contribution in [2.75, 3.05) is 4.31 Å². The Balaban J connectivity index is 1.45. The Morgan fingerprint density at radius 3 is 1.92 bits per heavy atom. The highest BCUT2D eigenvalue weighted by atomic mass is 32.2. The van der Waals surface area contributed by atoms with Crippen LogP contribution in [0.1, 0.15) is 34.8 Å². The van der Waals surface area contributed by atoms with E-state index >= 15 is 0 Å². The minimum absolute atomic E-state index is 0.0296. The molecule has 0 spiro atoms. The van der Waals surface area contributed by atoms with Gasteiger partial charge in [-0.2, -0.15) is 0 Å². The van der Waals surface area contributed by atoms with Crippen molar-refractivity contribution >= 4 is 21.6 Å². The van der Waals surface area contributed by atoms with Crippen molar-refractivity contribution in [2.24, 2.45) is 0 Å². The second-order valence-corrected chi connectivity index (χ2v) is 10.6. The van der Waals surface area contributed by atoms with Gasteiger partial charge < -0.3 is 5.32 Å². The molecular formula is C30H30N2O3S. The Morgan fingerprint density at radius 1 is 0.750 bits per heavy atom. The monoisotopic (exact) mass is 498 g/mol. The highest BCUT2D eigenvalue weighted by Crippen LogP contribution is 2.26. The third-order valence-corrected chi connectivity index (χ3v) is 7.79. The van der Waals surface area contributed by atoms with Gasteiger partial charge in [-0.05, 0) is 67.3 Å². The Labute approximate surface area is 213 Å². The number of hydrogen-bond donors (Lipinski definition) is 1. The minimum atomic E-state index is -3.77. The summed E-state index contributed by atoms with van der Waals surface area (Å²) >= 11 is 0. The molecule has 36 heavy (non-hydrogen) atoms. The maximum atomic E-state index is 13.5. The predicted octanol–water partition coefficient (Wildman–Crippen LogP) is 5.83. The zero-order chi connectivity index (χ0) is 25.4. The predicted molar refractivity (Wildman–Crippen MR) is 144 cm³/mol. The molecule has 4 aromatic carbocycles. The molecule has 0 radical (unpaired) electrons. The zero-order valence-corrected chi connectivity index (χ0v) is 21.1. The molecule has 1 atom stereocenters. The van der Waals surface area contributed by atoms with E-state index in [1.165, 1.54) is 9.87 Å². The fourth-order valence-corrected chi connectivity index (χ4v) is 5.44. The summed E-state index contributed by atoms with van der Waals surface area (Å²) in [5.74, 6) is -0.140. The van der Waals surface area contributed by atoms with Crippen LogP contribution in [0.25, 0.3) is 0 Å². The number of amides is 1.